The first-order valence-corrected chi connectivity index (χ1v) is 17.7. The Labute approximate surface area is 308 Å². The largest absolute Gasteiger partial charge is 1.00 e. The summed E-state index contributed by atoms with van der Waals surface area (Å²) < 4.78 is 3.68. The number of hydrogen-bond acceptors (Lipinski definition) is 0. The van der Waals surface area contributed by atoms with Gasteiger partial charge in [-0.15, -0.1) is 11.1 Å². The normalized spacial score (nSPS) is 11.3. The maximum absolute atomic E-state index is 3.67. The molecule has 228 valence electrons. The second-order valence-corrected chi connectivity index (χ2v) is 16.3. The zero-order valence-corrected chi connectivity index (χ0v) is 34.4. The summed E-state index contributed by atoms with van der Waals surface area (Å²) in [6.45, 7) is 13.6. The first-order chi connectivity index (χ1) is 19.8. The molecule has 0 N–H and O–H groups in total. The van der Waals surface area contributed by atoms with E-state index >= 15 is 0 Å². The molecule has 0 spiro atoms. The van der Waals surface area contributed by atoms with Crippen LogP contribution in [0.1, 0.15) is 74.9 Å². The van der Waals surface area contributed by atoms with Crippen LogP contribution in [0.15, 0.2) is 118 Å². The summed E-state index contributed by atoms with van der Waals surface area (Å²) in [5.74, 6) is 0. The third-order valence-corrected chi connectivity index (χ3v) is 10.4. The van der Waals surface area contributed by atoms with E-state index in [1.54, 1.807) is 0 Å². The topological polar surface area (TPSA) is 0 Å². The number of hydrogen-bond donors (Lipinski definition) is 0. The van der Waals surface area contributed by atoms with Gasteiger partial charge in [0, 0.05) is 0 Å². The third kappa shape index (κ3) is 10.5. The van der Waals surface area contributed by atoms with Crippen LogP contribution >= 0.6 is 31.9 Å². The fourth-order valence-electron chi connectivity index (χ4n) is 4.75. The number of fused-ring (bicyclic) bond motifs is 3. The van der Waals surface area contributed by atoms with Gasteiger partial charge in [0.25, 0.3) is 0 Å². The van der Waals surface area contributed by atoms with Gasteiger partial charge in [-0.25, -0.2) is 12.1 Å². The van der Waals surface area contributed by atoms with Crippen molar-refractivity contribution in [2.75, 3.05) is 0 Å². The molecule has 0 saturated carbocycles. The van der Waals surface area contributed by atoms with E-state index in [1.165, 1.54) is 47.8 Å². The van der Waals surface area contributed by atoms with Crippen LogP contribution in [0, 0.1) is 6.07 Å². The molecular weight excluding hydrogens is 878 g/mol. The van der Waals surface area contributed by atoms with Gasteiger partial charge in [0.1, 0.15) is 0 Å². The molecular formula is C39H38Br2Cl2Hf-2. The average molecular weight is 916 g/mol. The Hall–Kier alpha value is -1.49. The van der Waals surface area contributed by atoms with E-state index < -0.39 is 0 Å². The van der Waals surface area contributed by atoms with Crippen LogP contribution in [-0.2, 0) is 41.1 Å². The van der Waals surface area contributed by atoms with Crippen molar-refractivity contribution in [3.8, 4) is 11.1 Å². The summed E-state index contributed by atoms with van der Waals surface area (Å²) in [4.78, 5) is 0. The van der Waals surface area contributed by atoms with Gasteiger partial charge in [-0.3, -0.25) is 0 Å². The van der Waals surface area contributed by atoms with Crippen molar-refractivity contribution in [1.82, 2.24) is 0 Å². The molecule has 5 heteroatoms. The van der Waals surface area contributed by atoms with Crippen LogP contribution in [0.2, 0.25) is 0 Å². The van der Waals surface area contributed by atoms with Crippen molar-refractivity contribution < 1.29 is 48.7 Å². The van der Waals surface area contributed by atoms with Crippen molar-refractivity contribution in [1.29, 1.82) is 0 Å². The zero-order valence-electron chi connectivity index (χ0n) is 26.1. The van der Waals surface area contributed by atoms with E-state index in [-0.39, 0.29) is 35.6 Å². The molecule has 5 aromatic carbocycles. The van der Waals surface area contributed by atoms with Crippen molar-refractivity contribution >= 4 is 35.1 Å². The van der Waals surface area contributed by atoms with E-state index in [4.69, 9.17) is 0 Å². The van der Waals surface area contributed by atoms with Crippen molar-refractivity contribution in [3.05, 3.63) is 158 Å². The van der Waals surface area contributed by atoms with Crippen molar-refractivity contribution in [3.63, 3.8) is 0 Å². The molecule has 0 aromatic heterocycles. The average Bonchev–Trinajstić information content (AvgIpc) is 3.64. The van der Waals surface area contributed by atoms with Gasteiger partial charge >= 0.3 is 128 Å². The Bertz CT molecular complexity index is 1500. The second-order valence-electron chi connectivity index (χ2n) is 12.7. The summed E-state index contributed by atoms with van der Waals surface area (Å²) >= 11 is 7.96. The van der Waals surface area contributed by atoms with Crippen molar-refractivity contribution in [2.24, 2.45) is 0 Å². The number of rotatable bonds is 2. The third-order valence-electron chi connectivity index (χ3n) is 7.29. The van der Waals surface area contributed by atoms with E-state index in [0.29, 0.717) is 0 Å². The zero-order chi connectivity index (χ0) is 30.5. The van der Waals surface area contributed by atoms with Crippen LogP contribution < -0.4 is 24.8 Å². The van der Waals surface area contributed by atoms with Gasteiger partial charge in [-0.05, 0) is 28.4 Å². The molecule has 0 unspecified atom stereocenters. The molecule has 1 aliphatic carbocycles. The molecule has 0 bridgehead atoms. The molecule has 0 nitrogen and oxygen atoms in total. The molecule has 1 aliphatic rings. The van der Waals surface area contributed by atoms with E-state index in [0.717, 1.165) is 39.3 Å². The van der Waals surface area contributed by atoms with Gasteiger partial charge < -0.3 is 24.8 Å². The minimum absolute atomic E-state index is 0. The van der Waals surface area contributed by atoms with Gasteiger partial charge in [0.05, 0.1) is 0 Å². The minimum atomic E-state index is 0. The van der Waals surface area contributed by atoms with E-state index in [9.17, 15) is 0 Å². The SMILES string of the molecule is Brc1ccc([C](=[Hf+2])c2ccc(Br)cc2)cc1.CC(C)(C)c1[c-]c2c(cc1)-c1ccc(C(C)(C)C)cc1C2.[Cl-].[Cl-].c1cc[cH-]c1. The Morgan fingerprint density at radius 3 is 1.61 bits per heavy atom. The Morgan fingerprint density at radius 2 is 1.18 bits per heavy atom. The molecule has 0 atom stereocenters. The van der Waals surface area contributed by atoms with Crippen LogP contribution in [0.25, 0.3) is 11.1 Å². The predicted octanol–water partition coefficient (Wildman–Crippen LogP) is 5.39. The quantitative estimate of drug-likeness (QED) is 0.162. The summed E-state index contributed by atoms with van der Waals surface area (Å²) in [6.07, 6.45) is 1.03. The molecule has 0 aliphatic heterocycles. The van der Waals surface area contributed by atoms with Crippen LogP contribution in [0.3, 0.4) is 0 Å². The van der Waals surface area contributed by atoms with Crippen LogP contribution in [-0.4, -0.2) is 3.26 Å². The van der Waals surface area contributed by atoms with Crippen LogP contribution in [0.5, 0.6) is 0 Å². The fraction of sp³-hybridized carbons (Fsp3) is 0.231. The first kappa shape index (κ1) is 38.7. The molecule has 6 rings (SSSR count). The monoisotopic (exact) mass is 914 g/mol. The van der Waals surface area contributed by atoms with Gasteiger partial charge in [-0.1, -0.05) is 65.3 Å². The minimum Gasteiger partial charge on any atom is -1.00 e. The maximum Gasteiger partial charge on any atom is -0.0132 e. The Morgan fingerprint density at radius 1 is 0.682 bits per heavy atom. The number of halogens is 4. The van der Waals surface area contributed by atoms with Gasteiger partial charge in [0.2, 0.25) is 0 Å². The standard InChI is InChI=1S/C21H25.C13H8Br2.C5H5.2ClH.Hf/c1-20(2,3)16-7-9-18-14(12-16)11-15-13-17(21(4,5)6)8-10-19(15)18;14-12-5-1-10(2-6-12)9-11-3-7-13(15)8-4-11;1-2-4-5-3-1;;;/h7-10,12H,11H2,1-6H3;1-8H;1-5H;2*1H;/q-1;;-1;;;+2/p-2. The van der Waals surface area contributed by atoms with Crippen LogP contribution in [0.4, 0.5) is 0 Å². The molecule has 0 saturated heterocycles. The molecule has 0 heterocycles. The van der Waals surface area contributed by atoms with Crippen molar-refractivity contribution in [2.45, 2.75) is 58.8 Å². The molecule has 0 radical (unpaired) electrons. The summed E-state index contributed by atoms with van der Waals surface area (Å²) in [6, 6.07) is 42.2. The maximum atomic E-state index is 3.67. The predicted molar refractivity (Wildman–Crippen MR) is 184 cm³/mol. The molecule has 5 aromatic rings. The second kappa shape index (κ2) is 16.9. The molecule has 0 amide bonds. The number of benzene rings is 4. The summed E-state index contributed by atoms with van der Waals surface area (Å²) in [7, 11) is 0. The Balaban J connectivity index is 0.000000260. The summed E-state index contributed by atoms with van der Waals surface area (Å²) in [5.41, 5.74) is 11.3. The van der Waals surface area contributed by atoms with Gasteiger partial charge in [0.15, 0.2) is 0 Å². The summed E-state index contributed by atoms with van der Waals surface area (Å²) in [5, 5.41) is 0. The van der Waals surface area contributed by atoms with E-state index in [2.05, 4.69) is 158 Å². The first-order valence-electron chi connectivity index (χ1n) is 14.3. The smallest absolute Gasteiger partial charge is 0.0132 e. The molecule has 0 fully saturated rings. The fourth-order valence-corrected chi connectivity index (χ4v) is 6.47. The van der Waals surface area contributed by atoms with Gasteiger partial charge in [-0.2, -0.15) is 42.0 Å². The van der Waals surface area contributed by atoms with E-state index in [1.807, 2.05) is 30.3 Å². The molecule has 44 heavy (non-hydrogen) atoms. The Kier molecular flexibility index (Phi) is 14.9.